The Labute approximate surface area is 165 Å². The predicted octanol–water partition coefficient (Wildman–Crippen LogP) is 3.23. The zero-order valence-electron chi connectivity index (χ0n) is 15.7. The number of anilines is 1. The number of rotatable bonds is 7. The van der Waals surface area contributed by atoms with Crippen LogP contribution in [0.3, 0.4) is 0 Å². The zero-order valence-corrected chi connectivity index (χ0v) is 16.5. The van der Waals surface area contributed by atoms with E-state index in [0.29, 0.717) is 29.4 Å². The zero-order chi connectivity index (χ0) is 20.3. The van der Waals surface area contributed by atoms with Gasteiger partial charge in [-0.2, -0.15) is 0 Å². The molecule has 2 aromatic heterocycles. The Morgan fingerprint density at radius 2 is 2.00 bits per heavy atom. The number of nitrogens with one attached hydrogen (secondary N) is 1. The first-order valence-corrected chi connectivity index (χ1v) is 9.33. The Morgan fingerprint density at radius 3 is 2.71 bits per heavy atom. The molecule has 1 amide bonds. The van der Waals surface area contributed by atoms with Gasteiger partial charge in [-0.15, -0.1) is 10.2 Å². The van der Waals surface area contributed by atoms with E-state index in [2.05, 4.69) is 15.5 Å². The fourth-order valence-electron chi connectivity index (χ4n) is 2.85. The maximum absolute atomic E-state index is 13.9. The van der Waals surface area contributed by atoms with Crippen LogP contribution in [0.1, 0.15) is 21.7 Å². The minimum absolute atomic E-state index is 0.129. The van der Waals surface area contributed by atoms with Crippen LogP contribution in [-0.4, -0.2) is 40.2 Å². The molecule has 9 heteroatoms. The lowest BCUT2D eigenvalue weighted by atomic mass is 10.1. The summed E-state index contributed by atoms with van der Waals surface area (Å²) in [5.74, 6) is -1.92. The minimum Gasteiger partial charge on any atom is -0.383 e. The number of Topliss-reactive ketones (excluding diaryl/α,β-unsaturated/α-hetero) is 1. The van der Waals surface area contributed by atoms with Crippen molar-refractivity contribution in [3.05, 3.63) is 53.1 Å². The summed E-state index contributed by atoms with van der Waals surface area (Å²) in [5.41, 5.74) is 2.17. The van der Waals surface area contributed by atoms with Gasteiger partial charge in [-0.05, 0) is 32.0 Å². The number of hydrogen-bond donors (Lipinski definition) is 1. The molecule has 146 valence electrons. The van der Waals surface area contributed by atoms with Gasteiger partial charge in [0, 0.05) is 36.2 Å². The van der Waals surface area contributed by atoms with Crippen molar-refractivity contribution in [3.63, 3.8) is 0 Å². The standard InChI is InChI=1S/C19H19FN4O3S/c1-11-10-14(12(2)24(11)8-9-27-3)16(25)17(26)21-19-23-22-18(28-19)13-6-4-5-7-15(13)20/h4-7,10H,8-9H2,1-3H3,(H,21,23,26). The van der Waals surface area contributed by atoms with Gasteiger partial charge in [0.05, 0.1) is 6.61 Å². The topological polar surface area (TPSA) is 86.1 Å². The van der Waals surface area contributed by atoms with Crippen molar-refractivity contribution in [1.29, 1.82) is 0 Å². The van der Waals surface area contributed by atoms with Crippen LogP contribution in [0, 0.1) is 19.7 Å². The van der Waals surface area contributed by atoms with Crippen LogP contribution < -0.4 is 5.32 Å². The van der Waals surface area contributed by atoms with Crippen LogP contribution in [-0.2, 0) is 16.1 Å². The van der Waals surface area contributed by atoms with E-state index in [1.807, 2.05) is 11.5 Å². The van der Waals surface area contributed by atoms with Crippen molar-refractivity contribution < 1.29 is 18.7 Å². The van der Waals surface area contributed by atoms with Crippen LogP contribution in [0.4, 0.5) is 9.52 Å². The summed E-state index contributed by atoms with van der Waals surface area (Å²) >= 11 is 0.997. The molecule has 0 saturated carbocycles. The van der Waals surface area contributed by atoms with Gasteiger partial charge in [-0.1, -0.05) is 23.5 Å². The van der Waals surface area contributed by atoms with Crippen molar-refractivity contribution >= 4 is 28.2 Å². The molecule has 3 aromatic rings. The average Bonchev–Trinajstić information content (AvgIpc) is 3.24. The number of aryl methyl sites for hydroxylation is 1. The molecule has 0 aliphatic rings. The fourth-order valence-corrected chi connectivity index (χ4v) is 3.62. The molecule has 0 aliphatic carbocycles. The highest BCUT2D eigenvalue weighted by molar-refractivity contribution is 7.18. The van der Waals surface area contributed by atoms with Crippen molar-refractivity contribution in [2.24, 2.45) is 0 Å². The monoisotopic (exact) mass is 402 g/mol. The number of carbonyl (C=O) groups excluding carboxylic acids is 2. The largest absolute Gasteiger partial charge is 0.383 e. The first-order valence-electron chi connectivity index (χ1n) is 8.52. The normalized spacial score (nSPS) is 10.9. The quantitative estimate of drug-likeness (QED) is 0.484. The maximum Gasteiger partial charge on any atom is 0.298 e. The van der Waals surface area contributed by atoms with E-state index in [-0.39, 0.29) is 10.7 Å². The minimum atomic E-state index is -0.816. The number of halogens is 1. The molecule has 0 bridgehead atoms. The van der Waals surface area contributed by atoms with Crippen LogP contribution in [0.25, 0.3) is 10.6 Å². The number of carbonyl (C=O) groups is 2. The summed E-state index contributed by atoms with van der Waals surface area (Å²) in [4.78, 5) is 25.0. The Kier molecular flexibility index (Phi) is 5.96. The summed E-state index contributed by atoms with van der Waals surface area (Å²) in [5, 5.41) is 10.6. The van der Waals surface area contributed by atoms with E-state index in [1.54, 1.807) is 38.3 Å². The molecule has 0 radical (unpaired) electrons. The summed E-state index contributed by atoms with van der Waals surface area (Å²) in [6.45, 7) is 4.73. The van der Waals surface area contributed by atoms with E-state index in [0.717, 1.165) is 17.0 Å². The number of ether oxygens (including phenoxy) is 1. The molecule has 1 N–H and O–H groups in total. The molecular formula is C19H19FN4O3S. The van der Waals surface area contributed by atoms with Crippen LogP contribution in [0.5, 0.6) is 0 Å². The lowest BCUT2D eigenvalue weighted by Gasteiger charge is -2.08. The van der Waals surface area contributed by atoms with Gasteiger partial charge < -0.3 is 9.30 Å². The van der Waals surface area contributed by atoms with Crippen molar-refractivity contribution in [3.8, 4) is 10.6 Å². The van der Waals surface area contributed by atoms with Gasteiger partial charge in [0.1, 0.15) is 5.82 Å². The Balaban J connectivity index is 1.75. The first-order chi connectivity index (χ1) is 13.4. The molecule has 0 aliphatic heterocycles. The number of hydrogen-bond acceptors (Lipinski definition) is 6. The molecule has 0 unspecified atom stereocenters. The van der Waals surface area contributed by atoms with Crippen LogP contribution >= 0.6 is 11.3 Å². The average molecular weight is 402 g/mol. The summed E-state index contributed by atoms with van der Waals surface area (Å²) in [6.07, 6.45) is 0. The Morgan fingerprint density at radius 1 is 1.25 bits per heavy atom. The van der Waals surface area contributed by atoms with Gasteiger partial charge in [0.25, 0.3) is 11.7 Å². The molecular weight excluding hydrogens is 383 g/mol. The summed E-state index contributed by atoms with van der Waals surface area (Å²) in [7, 11) is 1.60. The van der Waals surface area contributed by atoms with Gasteiger partial charge in [-0.25, -0.2) is 4.39 Å². The van der Waals surface area contributed by atoms with E-state index < -0.39 is 17.5 Å². The highest BCUT2D eigenvalue weighted by atomic mass is 32.1. The molecule has 28 heavy (non-hydrogen) atoms. The highest BCUT2D eigenvalue weighted by Gasteiger charge is 2.23. The number of aromatic nitrogens is 3. The third kappa shape index (κ3) is 4.00. The van der Waals surface area contributed by atoms with E-state index >= 15 is 0 Å². The molecule has 2 heterocycles. The number of ketones is 1. The van der Waals surface area contributed by atoms with Gasteiger partial charge in [0.15, 0.2) is 5.01 Å². The third-order valence-electron chi connectivity index (χ3n) is 4.29. The molecule has 0 atom stereocenters. The summed E-state index contributed by atoms with van der Waals surface area (Å²) < 4.78 is 20.9. The lowest BCUT2D eigenvalue weighted by Crippen LogP contribution is -2.23. The van der Waals surface area contributed by atoms with Gasteiger partial charge in [-0.3, -0.25) is 14.9 Å². The summed E-state index contributed by atoms with van der Waals surface area (Å²) in [6, 6.07) is 7.82. The number of nitrogens with zero attached hydrogens (tertiary/aromatic N) is 3. The van der Waals surface area contributed by atoms with Gasteiger partial charge >= 0.3 is 0 Å². The Bertz CT molecular complexity index is 1030. The van der Waals surface area contributed by atoms with E-state index in [1.165, 1.54) is 6.07 Å². The highest BCUT2D eigenvalue weighted by Crippen LogP contribution is 2.28. The smallest absolute Gasteiger partial charge is 0.298 e. The SMILES string of the molecule is COCCn1c(C)cc(C(=O)C(=O)Nc2nnc(-c3ccccc3F)s2)c1C. The predicted molar refractivity (Wildman–Crippen MR) is 104 cm³/mol. The second kappa shape index (κ2) is 8.41. The first kappa shape index (κ1) is 19.8. The number of benzene rings is 1. The second-order valence-corrected chi connectivity index (χ2v) is 7.08. The maximum atomic E-state index is 13.9. The molecule has 0 spiro atoms. The van der Waals surface area contributed by atoms with E-state index in [4.69, 9.17) is 4.74 Å². The van der Waals surface area contributed by atoms with Crippen molar-refractivity contribution in [2.75, 3.05) is 19.0 Å². The number of amides is 1. The molecule has 0 fully saturated rings. The number of methoxy groups -OCH3 is 1. The molecule has 1 aromatic carbocycles. The van der Waals surface area contributed by atoms with E-state index in [9.17, 15) is 14.0 Å². The third-order valence-corrected chi connectivity index (χ3v) is 5.17. The fraction of sp³-hybridized carbons (Fsp3) is 0.263. The molecule has 3 rings (SSSR count). The lowest BCUT2D eigenvalue weighted by molar-refractivity contribution is -0.112. The van der Waals surface area contributed by atoms with Crippen molar-refractivity contribution in [2.45, 2.75) is 20.4 Å². The molecule has 0 saturated heterocycles. The Hall–Kier alpha value is -2.91. The van der Waals surface area contributed by atoms with Crippen LogP contribution in [0.2, 0.25) is 0 Å². The van der Waals surface area contributed by atoms with Crippen molar-refractivity contribution in [1.82, 2.24) is 14.8 Å². The molecule has 7 nitrogen and oxygen atoms in total. The second-order valence-electron chi connectivity index (χ2n) is 6.10. The van der Waals surface area contributed by atoms with Gasteiger partial charge in [0.2, 0.25) is 5.13 Å². The van der Waals surface area contributed by atoms with Crippen LogP contribution in [0.15, 0.2) is 30.3 Å².